The summed E-state index contributed by atoms with van der Waals surface area (Å²) in [6, 6.07) is 0. The summed E-state index contributed by atoms with van der Waals surface area (Å²) in [5.74, 6) is -2.80. The third kappa shape index (κ3) is 13.8. The number of carbonyl (C=O) groups is 3. The van der Waals surface area contributed by atoms with E-state index in [2.05, 4.69) is 0 Å². The summed E-state index contributed by atoms with van der Waals surface area (Å²) in [5, 5.41) is 25.5. The van der Waals surface area contributed by atoms with E-state index in [0.29, 0.717) is 18.5 Å². The summed E-state index contributed by atoms with van der Waals surface area (Å²) in [6.07, 6.45) is 1.11. The molecule has 0 bridgehead atoms. The van der Waals surface area contributed by atoms with Crippen LogP contribution >= 0.6 is 7.92 Å². The van der Waals surface area contributed by atoms with Crippen LogP contribution in [0.25, 0.3) is 0 Å². The van der Waals surface area contributed by atoms with Crippen LogP contribution in [0, 0.1) is 0 Å². The first-order valence-corrected chi connectivity index (χ1v) is 6.69. The minimum absolute atomic E-state index is 0. The van der Waals surface area contributed by atoms with Crippen LogP contribution in [-0.2, 0) is 14.4 Å². The summed E-state index contributed by atoms with van der Waals surface area (Å²) >= 11 is 0. The van der Waals surface area contributed by atoms with Gasteiger partial charge in [0, 0.05) is 19.3 Å². The number of hydrogen-bond donors (Lipinski definition) is 3. The molecular weight excluding hydrogens is 258 g/mol. The van der Waals surface area contributed by atoms with Gasteiger partial charge >= 0.3 is 47.5 Å². The Morgan fingerprint density at radius 3 is 1.12 bits per heavy atom. The van der Waals surface area contributed by atoms with Gasteiger partial charge in [0.25, 0.3) is 0 Å². The van der Waals surface area contributed by atoms with Gasteiger partial charge in [0.05, 0.1) is 0 Å². The van der Waals surface area contributed by atoms with Crippen molar-refractivity contribution in [1.82, 2.24) is 0 Å². The number of carboxylic acids is 3. The molecule has 8 heteroatoms. The Labute approximate surface area is 122 Å². The topological polar surface area (TPSA) is 112 Å². The Bertz CT molecular complexity index is 227. The van der Waals surface area contributed by atoms with Crippen molar-refractivity contribution in [2.75, 3.05) is 18.5 Å². The Morgan fingerprint density at radius 1 is 0.706 bits per heavy atom. The van der Waals surface area contributed by atoms with Gasteiger partial charge in [-0.1, -0.05) is 0 Å². The second-order valence-corrected chi connectivity index (χ2v) is 5.96. The molecule has 0 unspecified atom stereocenters. The molecule has 17 heavy (non-hydrogen) atoms. The second-order valence-electron chi connectivity index (χ2n) is 3.27. The van der Waals surface area contributed by atoms with Crippen molar-refractivity contribution in [3.05, 3.63) is 0 Å². The van der Waals surface area contributed by atoms with Crippen LogP contribution < -0.4 is 0 Å². The van der Waals surface area contributed by atoms with Gasteiger partial charge in [-0.2, -0.15) is 0 Å². The normalized spacial score (nSPS) is 9.71. The average Bonchev–Trinajstić information content (AvgIpc) is 2.15. The van der Waals surface area contributed by atoms with Crippen molar-refractivity contribution < 1.29 is 29.7 Å². The third-order valence-electron chi connectivity index (χ3n) is 1.93. The number of hydrogen-bond acceptors (Lipinski definition) is 3. The Balaban J connectivity index is 0. The van der Waals surface area contributed by atoms with E-state index in [1.165, 1.54) is 0 Å². The molecule has 3 N–H and O–H groups in total. The molecule has 0 heterocycles. The van der Waals surface area contributed by atoms with Crippen LogP contribution in [0.5, 0.6) is 0 Å². The SMILES string of the molecule is O=C(O)CCP(CCC(=O)O)CCC(=O)O.[NaH]. The molecule has 0 aromatic heterocycles. The summed E-state index contributed by atoms with van der Waals surface area (Å²) in [5.41, 5.74) is 0. The fourth-order valence-electron chi connectivity index (χ4n) is 1.10. The van der Waals surface area contributed by atoms with Crippen molar-refractivity contribution in [1.29, 1.82) is 0 Å². The quantitative estimate of drug-likeness (QED) is 0.410. The van der Waals surface area contributed by atoms with E-state index in [1.807, 2.05) is 0 Å². The minimum atomic E-state index is -0.932. The molecule has 0 amide bonds. The Hall–Kier alpha value is -0.160. The van der Waals surface area contributed by atoms with Crippen LogP contribution in [0.3, 0.4) is 0 Å². The number of aliphatic carboxylic acids is 3. The maximum atomic E-state index is 10.4. The molecule has 0 aliphatic rings. The predicted octanol–water partition coefficient (Wildman–Crippen LogP) is 0.244. The number of rotatable bonds is 9. The zero-order valence-corrected chi connectivity index (χ0v) is 9.65. The van der Waals surface area contributed by atoms with Crippen molar-refractivity contribution in [3.8, 4) is 0 Å². The van der Waals surface area contributed by atoms with Gasteiger partial charge in [-0.05, 0) is 18.5 Å². The van der Waals surface area contributed by atoms with Crippen molar-refractivity contribution in [2.45, 2.75) is 19.3 Å². The second kappa shape index (κ2) is 11.0. The van der Waals surface area contributed by atoms with E-state index in [1.54, 1.807) is 0 Å². The van der Waals surface area contributed by atoms with Crippen molar-refractivity contribution >= 4 is 55.4 Å². The van der Waals surface area contributed by atoms with Crippen LogP contribution in [0.15, 0.2) is 0 Å². The first-order chi connectivity index (χ1) is 7.41. The molecule has 0 aliphatic heterocycles. The molecule has 0 saturated heterocycles. The summed E-state index contributed by atoms with van der Waals surface area (Å²) in [6.45, 7) is 0. The molecule has 6 nitrogen and oxygen atoms in total. The first kappa shape index (κ1) is 19.2. The summed E-state index contributed by atoms with van der Waals surface area (Å²) < 4.78 is 0. The molecule has 0 rings (SSSR count). The molecule has 0 spiro atoms. The van der Waals surface area contributed by atoms with Crippen LogP contribution in [-0.4, -0.2) is 81.3 Å². The monoisotopic (exact) mass is 274 g/mol. The molecule has 0 aromatic rings. The van der Waals surface area contributed by atoms with E-state index in [0.717, 1.165) is 0 Å². The Morgan fingerprint density at radius 2 is 0.941 bits per heavy atom. The fourth-order valence-corrected chi connectivity index (χ4v) is 3.29. The van der Waals surface area contributed by atoms with Crippen LogP contribution in [0.1, 0.15) is 19.3 Å². The van der Waals surface area contributed by atoms with Crippen molar-refractivity contribution in [3.63, 3.8) is 0 Å². The molecule has 94 valence electrons. The van der Waals surface area contributed by atoms with E-state index < -0.39 is 25.8 Å². The van der Waals surface area contributed by atoms with Gasteiger partial charge in [-0.3, -0.25) is 14.4 Å². The summed E-state index contributed by atoms with van der Waals surface area (Å²) in [7, 11) is -0.801. The molecule has 0 fully saturated rings. The fraction of sp³-hybridized carbons (Fsp3) is 0.667. The Kier molecular flexibility index (Phi) is 12.4. The van der Waals surface area contributed by atoms with E-state index >= 15 is 0 Å². The average molecular weight is 274 g/mol. The van der Waals surface area contributed by atoms with Gasteiger partial charge in [0.2, 0.25) is 0 Å². The van der Waals surface area contributed by atoms with Crippen LogP contribution in [0.2, 0.25) is 0 Å². The van der Waals surface area contributed by atoms with E-state index in [9.17, 15) is 14.4 Å². The molecule has 0 atom stereocenters. The zero-order chi connectivity index (χ0) is 12.6. The summed E-state index contributed by atoms with van der Waals surface area (Å²) in [4.78, 5) is 31.1. The van der Waals surface area contributed by atoms with Gasteiger partial charge in [-0.15, -0.1) is 7.92 Å². The van der Waals surface area contributed by atoms with Gasteiger partial charge in [-0.25, -0.2) is 0 Å². The van der Waals surface area contributed by atoms with Crippen molar-refractivity contribution in [2.24, 2.45) is 0 Å². The van der Waals surface area contributed by atoms with Gasteiger partial charge in [0.1, 0.15) is 0 Å². The van der Waals surface area contributed by atoms with E-state index in [4.69, 9.17) is 15.3 Å². The van der Waals surface area contributed by atoms with Crippen LogP contribution in [0.4, 0.5) is 0 Å². The number of carboxylic acid groups (broad SMARTS) is 3. The third-order valence-corrected chi connectivity index (χ3v) is 4.49. The molecule has 0 aliphatic carbocycles. The molecule has 0 radical (unpaired) electrons. The van der Waals surface area contributed by atoms with E-state index in [-0.39, 0.29) is 48.8 Å². The maximum absolute atomic E-state index is 10.4. The zero-order valence-electron chi connectivity index (χ0n) is 8.76. The molecule has 0 saturated carbocycles. The first-order valence-electron chi connectivity index (χ1n) is 4.79. The van der Waals surface area contributed by atoms with Gasteiger partial charge in [0.15, 0.2) is 0 Å². The molecular formula is C9H16NaO6P. The predicted molar refractivity (Wildman–Crippen MR) is 65.4 cm³/mol. The standard InChI is InChI=1S/C9H15O6P.Na.H/c10-7(11)1-4-16(5-2-8(12)13)6-3-9(14)15;;/h1-6H2,(H,10,11)(H,12,13)(H,14,15);;. The molecule has 0 aromatic carbocycles. The van der Waals surface area contributed by atoms with Gasteiger partial charge < -0.3 is 15.3 Å².